The summed E-state index contributed by atoms with van der Waals surface area (Å²) < 4.78 is 53.2. The molecule has 0 amide bonds. The van der Waals surface area contributed by atoms with Crippen LogP contribution in [0.5, 0.6) is 0 Å². The molecular weight excluding hydrogens is 478 g/mol. The third-order valence-electron chi connectivity index (χ3n) is 5.69. The molecule has 0 bridgehead atoms. The van der Waals surface area contributed by atoms with Crippen molar-refractivity contribution in [3.63, 3.8) is 0 Å². The SMILES string of the molecule is N#Cc1cc(-c2ccnc(C=Cc3ccc(F)cc3)c2)n(OC(=O)C(F)(F)F)c1N1CCC(N)CC1. The van der Waals surface area contributed by atoms with E-state index in [4.69, 9.17) is 10.6 Å². The maximum absolute atomic E-state index is 13.1. The van der Waals surface area contributed by atoms with Crippen molar-refractivity contribution in [1.82, 2.24) is 9.71 Å². The minimum Gasteiger partial charge on any atom is -0.354 e. The third kappa shape index (κ3) is 5.55. The van der Waals surface area contributed by atoms with E-state index in [1.165, 1.54) is 30.5 Å². The van der Waals surface area contributed by atoms with Gasteiger partial charge in [0.15, 0.2) is 5.82 Å². The predicted molar refractivity (Wildman–Crippen MR) is 125 cm³/mol. The fraction of sp³-hybridized carbons (Fsp3) is 0.240. The molecule has 4 rings (SSSR count). The number of hydrogen-bond donors (Lipinski definition) is 1. The number of carbonyl (C=O) groups excluding carboxylic acids is 1. The summed E-state index contributed by atoms with van der Waals surface area (Å²) in [6, 6.07) is 12.2. The Morgan fingerprint density at radius 3 is 2.47 bits per heavy atom. The van der Waals surface area contributed by atoms with E-state index in [0.717, 1.165) is 4.73 Å². The number of aromatic nitrogens is 2. The first kappa shape index (κ1) is 24.9. The minimum atomic E-state index is -5.24. The van der Waals surface area contributed by atoms with Crippen LogP contribution >= 0.6 is 0 Å². The van der Waals surface area contributed by atoms with Crippen molar-refractivity contribution in [2.75, 3.05) is 18.0 Å². The van der Waals surface area contributed by atoms with Gasteiger partial charge in [-0.3, -0.25) is 4.98 Å². The maximum atomic E-state index is 13.1. The van der Waals surface area contributed by atoms with Crippen LogP contribution in [0.2, 0.25) is 0 Å². The normalized spacial score (nSPS) is 14.7. The number of rotatable bonds is 5. The van der Waals surface area contributed by atoms with Crippen LogP contribution in [0.3, 0.4) is 0 Å². The van der Waals surface area contributed by atoms with Crippen LogP contribution in [-0.4, -0.2) is 41.0 Å². The number of halogens is 4. The Kier molecular flexibility index (Phi) is 7.07. The third-order valence-corrected chi connectivity index (χ3v) is 5.69. The van der Waals surface area contributed by atoms with E-state index in [-0.39, 0.29) is 28.9 Å². The molecule has 186 valence electrons. The Bertz CT molecular complexity index is 1320. The lowest BCUT2D eigenvalue weighted by Crippen LogP contribution is -2.42. The molecule has 1 fully saturated rings. The van der Waals surface area contributed by atoms with Crippen LogP contribution in [0, 0.1) is 17.1 Å². The first-order valence-electron chi connectivity index (χ1n) is 11.0. The van der Waals surface area contributed by atoms with Gasteiger partial charge in [0.1, 0.15) is 11.9 Å². The molecule has 1 saturated heterocycles. The predicted octanol–water partition coefficient (Wildman–Crippen LogP) is 4.18. The van der Waals surface area contributed by atoms with Gasteiger partial charge in [-0.25, -0.2) is 9.18 Å². The number of carbonyl (C=O) groups is 1. The number of nitrogens with two attached hydrogens (primary N) is 1. The van der Waals surface area contributed by atoms with Gasteiger partial charge in [-0.15, -0.1) is 0 Å². The molecule has 0 radical (unpaired) electrons. The second-order valence-electron chi connectivity index (χ2n) is 8.23. The number of nitriles is 1. The van der Waals surface area contributed by atoms with E-state index in [2.05, 4.69) is 4.98 Å². The zero-order valence-electron chi connectivity index (χ0n) is 18.9. The fourth-order valence-corrected chi connectivity index (χ4v) is 3.86. The largest absolute Gasteiger partial charge is 0.493 e. The van der Waals surface area contributed by atoms with Crippen molar-refractivity contribution in [1.29, 1.82) is 5.26 Å². The molecule has 2 aromatic heterocycles. The molecule has 1 aromatic carbocycles. The van der Waals surface area contributed by atoms with E-state index in [1.54, 1.807) is 35.3 Å². The van der Waals surface area contributed by atoms with Crippen LogP contribution in [0.15, 0.2) is 48.7 Å². The maximum Gasteiger partial charge on any atom is 0.493 e. The quantitative estimate of drug-likeness (QED) is 0.529. The molecule has 1 aliphatic heterocycles. The minimum absolute atomic E-state index is 0.0515. The highest BCUT2D eigenvalue weighted by atomic mass is 19.4. The zero-order chi connectivity index (χ0) is 25.9. The second-order valence-corrected chi connectivity index (χ2v) is 8.23. The summed E-state index contributed by atoms with van der Waals surface area (Å²) in [5.41, 5.74) is 7.60. The molecule has 36 heavy (non-hydrogen) atoms. The summed E-state index contributed by atoms with van der Waals surface area (Å²) in [6.07, 6.45) is 0.658. The summed E-state index contributed by atoms with van der Waals surface area (Å²) in [6.45, 7) is 0.760. The first-order valence-corrected chi connectivity index (χ1v) is 11.0. The number of benzene rings is 1. The summed E-state index contributed by atoms with van der Waals surface area (Å²) in [7, 11) is 0. The second kappa shape index (κ2) is 10.2. The summed E-state index contributed by atoms with van der Waals surface area (Å²) >= 11 is 0. The van der Waals surface area contributed by atoms with Crippen LogP contribution in [0.25, 0.3) is 23.4 Å². The lowest BCUT2D eigenvalue weighted by molar-refractivity contribution is -0.199. The van der Waals surface area contributed by atoms with E-state index in [9.17, 15) is 27.6 Å². The topological polar surface area (TPSA) is 97.2 Å². The van der Waals surface area contributed by atoms with Crippen molar-refractivity contribution in [2.45, 2.75) is 25.1 Å². The van der Waals surface area contributed by atoms with E-state index >= 15 is 0 Å². The molecule has 1 aliphatic rings. The average molecular weight is 499 g/mol. The van der Waals surface area contributed by atoms with Crippen LogP contribution in [0.4, 0.5) is 23.4 Å². The van der Waals surface area contributed by atoms with Crippen molar-refractivity contribution < 1.29 is 27.2 Å². The van der Waals surface area contributed by atoms with Gasteiger partial charge in [-0.05, 0) is 54.8 Å². The Morgan fingerprint density at radius 1 is 1.14 bits per heavy atom. The van der Waals surface area contributed by atoms with E-state index < -0.39 is 12.1 Å². The number of piperidine rings is 1. The van der Waals surface area contributed by atoms with Crippen molar-refractivity contribution in [3.05, 3.63) is 71.3 Å². The van der Waals surface area contributed by atoms with E-state index in [1.807, 2.05) is 6.07 Å². The van der Waals surface area contributed by atoms with Crippen LogP contribution in [-0.2, 0) is 4.79 Å². The summed E-state index contributed by atoms with van der Waals surface area (Å²) in [5.74, 6) is -2.73. The fourth-order valence-electron chi connectivity index (χ4n) is 3.86. The Hall–Kier alpha value is -4.17. The molecule has 11 heteroatoms. The molecule has 0 spiro atoms. The van der Waals surface area contributed by atoms with Crippen molar-refractivity contribution in [3.8, 4) is 17.3 Å². The standard InChI is InChI=1S/C25H21F4N5O2/c26-19-4-1-16(2-5-19)3-6-21-13-17(7-10-32-21)22-14-18(15-30)23(33-11-8-20(31)9-12-33)34(22)36-24(35)25(27,28)29/h1-7,10,13-14,20H,8-9,11-12,31H2. The molecule has 0 atom stereocenters. The molecule has 0 unspecified atom stereocenters. The van der Waals surface area contributed by atoms with Crippen LogP contribution in [0.1, 0.15) is 29.7 Å². The number of anilines is 1. The van der Waals surface area contributed by atoms with Gasteiger partial charge in [0.05, 0.1) is 17.0 Å². The zero-order valence-corrected chi connectivity index (χ0v) is 18.9. The van der Waals surface area contributed by atoms with Gasteiger partial charge in [0, 0.05) is 30.9 Å². The molecular formula is C25H21F4N5O2. The van der Waals surface area contributed by atoms with Crippen molar-refractivity contribution >= 4 is 23.9 Å². The first-order chi connectivity index (χ1) is 17.2. The van der Waals surface area contributed by atoms with Crippen LogP contribution < -0.4 is 15.5 Å². The summed E-state index contributed by atoms with van der Waals surface area (Å²) in [4.78, 5) is 22.5. The number of pyridine rings is 1. The molecule has 3 heterocycles. The Balaban J connectivity index is 1.76. The molecule has 2 N–H and O–H groups in total. The number of alkyl halides is 3. The number of nitrogens with zero attached hydrogens (tertiary/aromatic N) is 4. The highest BCUT2D eigenvalue weighted by Gasteiger charge is 2.43. The molecule has 3 aromatic rings. The monoisotopic (exact) mass is 499 g/mol. The highest BCUT2D eigenvalue weighted by molar-refractivity contribution is 5.79. The van der Waals surface area contributed by atoms with Crippen molar-refractivity contribution in [2.24, 2.45) is 5.73 Å². The van der Waals surface area contributed by atoms with Gasteiger partial charge in [-0.1, -0.05) is 18.2 Å². The van der Waals surface area contributed by atoms with Gasteiger partial charge in [0.2, 0.25) is 0 Å². The molecule has 7 nitrogen and oxygen atoms in total. The highest BCUT2D eigenvalue weighted by Crippen LogP contribution is 2.33. The van der Waals surface area contributed by atoms with Gasteiger partial charge in [0.25, 0.3) is 0 Å². The lowest BCUT2D eigenvalue weighted by atomic mass is 10.1. The van der Waals surface area contributed by atoms with Gasteiger partial charge < -0.3 is 15.5 Å². The Morgan fingerprint density at radius 2 is 1.83 bits per heavy atom. The van der Waals surface area contributed by atoms with Gasteiger partial charge in [-0.2, -0.15) is 23.2 Å². The number of hydrogen-bond acceptors (Lipinski definition) is 6. The lowest BCUT2D eigenvalue weighted by Gasteiger charge is -2.32. The summed E-state index contributed by atoms with van der Waals surface area (Å²) in [5, 5.41) is 9.74. The smallest absolute Gasteiger partial charge is 0.354 e. The average Bonchev–Trinajstić information content (AvgIpc) is 3.22. The molecule has 0 aliphatic carbocycles. The van der Waals surface area contributed by atoms with E-state index in [0.29, 0.717) is 42.8 Å². The molecule has 0 saturated carbocycles. The Labute approximate surface area is 204 Å². The van der Waals surface area contributed by atoms with Gasteiger partial charge >= 0.3 is 12.1 Å².